The lowest BCUT2D eigenvalue weighted by atomic mass is 9.93. The van der Waals surface area contributed by atoms with E-state index < -0.39 is 0 Å². The maximum absolute atomic E-state index is 13.4. The van der Waals surface area contributed by atoms with E-state index in [1.54, 1.807) is 12.1 Å². The van der Waals surface area contributed by atoms with Gasteiger partial charge in [0.1, 0.15) is 5.75 Å². The van der Waals surface area contributed by atoms with Gasteiger partial charge in [-0.25, -0.2) is 0 Å². The van der Waals surface area contributed by atoms with Gasteiger partial charge in [-0.3, -0.25) is 4.79 Å². The van der Waals surface area contributed by atoms with Crippen molar-refractivity contribution in [2.75, 3.05) is 6.54 Å². The Kier molecular flexibility index (Phi) is 16.1. The minimum Gasteiger partial charge on any atom is -0.508 e. The van der Waals surface area contributed by atoms with Crippen LogP contribution < -0.4 is 16.4 Å². The van der Waals surface area contributed by atoms with Gasteiger partial charge in [-0.2, -0.15) is 0 Å². The predicted molar refractivity (Wildman–Crippen MR) is 169 cm³/mol. The first kappa shape index (κ1) is 34.7. The fraction of sp³-hybridized carbons (Fsp3) is 0.469. The summed E-state index contributed by atoms with van der Waals surface area (Å²) in [6.45, 7) is 7.09. The first-order chi connectivity index (χ1) is 17.9. The fourth-order valence-electron chi connectivity index (χ4n) is 4.98. The van der Waals surface area contributed by atoms with Gasteiger partial charge in [0.15, 0.2) is 0 Å². The lowest BCUT2D eigenvalue weighted by Gasteiger charge is -2.27. The Morgan fingerprint density at radius 3 is 2.33 bits per heavy atom. The Bertz CT molecular complexity index is 1100. The van der Waals surface area contributed by atoms with Crippen LogP contribution in [-0.4, -0.2) is 35.7 Å². The summed E-state index contributed by atoms with van der Waals surface area (Å²) in [5, 5.41) is 19.1. The van der Waals surface area contributed by atoms with Gasteiger partial charge in [-0.15, -0.1) is 24.8 Å². The van der Waals surface area contributed by atoms with Crippen molar-refractivity contribution in [3.63, 3.8) is 0 Å². The van der Waals surface area contributed by atoms with Gasteiger partial charge >= 0.3 is 0 Å². The fourth-order valence-corrected chi connectivity index (χ4v) is 4.98. The average molecular weight is 577 g/mol. The molecule has 3 rings (SSSR count). The molecule has 39 heavy (non-hydrogen) atoms. The van der Waals surface area contributed by atoms with Gasteiger partial charge in [-0.1, -0.05) is 88.2 Å². The molecule has 0 aromatic heterocycles. The third kappa shape index (κ3) is 11.8. The number of hydrogen-bond acceptors (Lipinski definition) is 4. The lowest BCUT2D eigenvalue weighted by Crippen LogP contribution is -2.51. The number of carbonyl (C=O) groups excluding carboxylic acids is 1. The number of fused-ring (bicyclic) bond motifs is 1. The van der Waals surface area contributed by atoms with Crippen molar-refractivity contribution < 1.29 is 9.90 Å². The third-order valence-electron chi connectivity index (χ3n) is 6.99. The number of amides is 1. The number of phenolic OH excluding ortho intramolecular Hbond substituents is 1. The maximum atomic E-state index is 13.4. The quantitative estimate of drug-likeness (QED) is 0.165. The van der Waals surface area contributed by atoms with E-state index in [-0.39, 0.29) is 54.6 Å². The van der Waals surface area contributed by atoms with Crippen LogP contribution in [0.1, 0.15) is 64.0 Å². The van der Waals surface area contributed by atoms with Gasteiger partial charge in [0, 0.05) is 18.6 Å². The van der Waals surface area contributed by atoms with Crippen molar-refractivity contribution >= 4 is 41.5 Å². The van der Waals surface area contributed by atoms with Gasteiger partial charge in [0.05, 0.1) is 6.04 Å². The third-order valence-corrected chi connectivity index (χ3v) is 6.99. The van der Waals surface area contributed by atoms with E-state index in [1.165, 1.54) is 16.3 Å². The van der Waals surface area contributed by atoms with Gasteiger partial charge in [0.25, 0.3) is 0 Å². The lowest BCUT2D eigenvalue weighted by molar-refractivity contribution is -0.123. The molecular formula is C32H47Cl2N3O2. The summed E-state index contributed by atoms with van der Waals surface area (Å²) in [5.41, 5.74) is 8.59. The number of carbonyl (C=O) groups is 1. The molecule has 0 aliphatic heterocycles. The van der Waals surface area contributed by atoms with Gasteiger partial charge < -0.3 is 21.5 Å². The van der Waals surface area contributed by atoms with Crippen molar-refractivity contribution in [2.24, 2.45) is 11.7 Å². The Hall–Kier alpha value is -2.31. The molecule has 5 nitrogen and oxygen atoms in total. The number of unbranched alkanes of at least 4 members (excludes halogenated alkanes) is 1. The molecule has 1 amide bonds. The Morgan fingerprint density at radius 2 is 1.64 bits per heavy atom. The summed E-state index contributed by atoms with van der Waals surface area (Å²) in [7, 11) is 0. The highest BCUT2D eigenvalue weighted by atomic mass is 35.5. The van der Waals surface area contributed by atoms with Crippen LogP contribution in [0.4, 0.5) is 0 Å². The minimum absolute atomic E-state index is 0. The van der Waals surface area contributed by atoms with Crippen LogP contribution >= 0.6 is 24.8 Å². The summed E-state index contributed by atoms with van der Waals surface area (Å²) in [4.78, 5) is 13.4. The molecule has 0 spiro atoms. The number of aromatic hydroxyl groups is 1. The molecule has 0 aliphatic rings. The monoisotopic (exact) mass is 575 g/mol. The summed E-state index contributed by atoms with van der Waals surface area (Å²) in [5.74, 6) is 0.719. The van der Waals surface area contributed by atoms with E-state index in [2.05, 4.69) is 73.9 Å². The number of rotatable bonds is 15. The van der Waals surface area contributed by atoms with Crippen LogP contribution in [0.3, 0.4) is 0 Å². The van der Waals surface area contributed by atoms with Crippen LogP contribution in [0.15, 0.2) is 66.7 Å². The van der Waals surface area contributed by atoms with E-state index in [0.717, 1.165) is 44.1 Å². The van der Waals surface area contributed by atoms with E-state index in [9.17, 15) is 9.90 Å². The van der Waals surface area contributed by atoms with Crippen molar-refractivity contribution in [3.05, 3.63) is 77.9 Å². The number of hydrogen-bond donors (Lipinski definition) is 4. The molecule has 0 heterocycles. The number of benzene rings is 3. The normalized spacial score (nSPS) is 13.3. The predicted octanol–water partition coefficient (Wildman–Crippen LogP) is 6.57. The van der Waals surface area contributed by atoms with E-state index in [1.807, 2.05) is 12.1 Å². The van der Waals surface area contributed by atoms with E-state index in [4.69, 9.17) is 5.73 Å². The largest absolute Gasteiger partial charge is 0.508 e. The molecular weight excluding hydrogens is 529 g/mol. The zero-order chi connectivity index (χ0) is 26.6. The molecule has 0 unspecified atom stereocenters. The number of halogens is 2. The van der Waals surface area contributed by atoms with Crippen molar-refractivity contribution in [3.8, 4) is 5.75 Å². The number of aryl methyl sites for hydroxylation is 1. The van der Waals surface area contributed by atoms with E-state index >= 15 is 0 Å². The molecule has 0 saturated heterocycles. The summed E-state index contributed by atoms with van der Waals surface area (Å²) >= 11 is 0. The van der Waals surface area contributed by atoms with Crippen LogP contribution in [0.2, 0.25) is 0 Å². The first-order valence-electron chi connectivity index (χ1n) is 13.9. The molecule has 5 N–H and O–H groups in total. The van der Waals surface area contributed by atoms with Crippen LogP contribution in [0.5, 0.6) is 5.75 Å². The molecule has 3 aromatic carbocycles. The standard InChI is InChI=1S/C32H45N3O2.2ClH/c1-4-5-12-27(33)22-34-32(37)31(21-24-14-18-29(36)19-15-24)35-28(20-23(2)3)17-16-26-11-8-10-25-9-6-7-13-30(25)26;;/h6-11,13-15,18-19,23,27-28,31,35-36H,4-5,12,16-17,20-22,33H2,1-3H3,(H,34,37);2*1H/t27-,28+,31-;;/m0../s1. The highest BCUT2D eigenvalue weighted by Gasteiger charge is 2.24. The second-order valence-electron chi connectivity index (χ2n) is 10.7. The van der Waals surface area contributed by atoms with Crippen LogP contribution in [-0.2, 0) is 17.6 Å². The zero-order valence-corrected chi connectivity index (χ0v) is 25.2. The SMILES string of the molecule is CCCC[C@H](N)CNC(=O)[C@H](Cc1ccc(O)cc1)N[C@H](CCc1cccc2ccccc12)CC(C)C.Cl.Cl. The molecule has 0 bridgehead atoms. The van der Waals surface area contributed by atoms with Crippen molar-refractivity contribution in [2.45, 2.75) is 83.8 Å². The van der Waals surface area contributed by atoms with Crippen molar-refractivity contribution in [1.29, 1.82) is 0 Å². The minimum atomic E-state index is -0.376. The number of phenols is 1. The second kappa shape index (κ2) is 18.1. The molecule has 3 atom stereocenters. The zero-order valence-electron chi connectivity index (χ0n) is 23.6. The van der Waals surface area contributed by atoms with Crippen LogP contribution in [0, 0.1) is 5.92 Å². The summed E-state index contributed by atoms with van der Waals surface area (Å²) in [6, 6.07) is 21.9. The molecule has 3 aromatic rings. The highest BCUT2D eigenvalue weighted by molar-refractivity contribution is 5.86. The number of nitrogens with one attached hydrogen (secondary N) is 2. The Labute approximate surface area is 247 Å². The second-order valence-corrected chi connectivity index (χ2v) is 10.7. The molecule has 0 saturated carbocycles. The topological polar surface area (TPSA) is 87.4 Å². The Morgan fingerprint density at radius 1 is 0.949 bits per heavy atom. The van der Waals surface area contributed by atoms with Gasteiger partial charge in [0.2, 0.25) is 5.91 Å². The smallest absolute Gasteiger partial charge is 0.237 e. The first-order valence-corrected chi connectivity index (χ1v) is 13.9. The molecule has 0 fully saturated rings. The Balaban J connectivity index is 0.00000380. The molecule has 0 radical (unpaired) electrons. The maximum Gasteiger partial charge on any atom is 0.237 e. The highest BCUT2D eigenvalue weighted by Crippen LogP contribution is 2.22. The van der Waals surface area contributed by atoms with Gasteiger partial charge in [-0.05, 0) is 72.1 Å². The molecule has 7 heteroatoms. The van der Waals surface area contributed by atoms with E-state index in [0.29, 0.717) is 18.9 Å². The van der Waals surface area contributed by atoms with Crippen molar-refractivity contribution in [1.82, 2.24) is 10.6 Å². The number of nitrogens with two attached hydrogens (primary N) is 1. The average Bonchev–Trinajstić information content (AvgIpc) is 2.89. The summed E-state index contributed by atoms with van der Waals surface area (Å²) in [6.07, 6.45) is 6.51. The summed E-state index contributed by atoms with van der Waals surface area (Å²) < 4.78 is 0. The van der Waals surface area contributed by atoms with Crippen LogP contribution in [0.25, 0.3) is 10.8 Å². The molecule has 216 valence electrons. The molecule has 0 aliphatic carbocycles.